The quantitative estimate of drug-likeness (QED) is 0.266. The van der Waals surface area contributed by atoms with Crippen molar-refractivity contribution in [1.82, 2.24) is 4.90 Å². The number of benzene rings is 3. The van der Waals surface area contributed by atoms with Gasteiger partial charge in [0.15, 0.2) is 0 Å². The summed E-state index contributed by atoms with van der Waals surface area (Å²) in [5.74, 6) is 0.504. The standard InChI is InChI=1S/C48H59N/c1-12-35-17-13-14-18-37(46(5,6)7)30-39(35)44-36(23-25-42-45(44)48(10,11)41-20-16-15-19-40(41)47(42,8)9)27-28-49-31-33(3)22-26-43(49)38-24-21-32(2)29-34(38)4/h15-16,18-31,35,43H,12-14,17H2,1-11H3/b28-27-,37-18+,39-30?. The highest BCUT2D eigenvalue weighted by atomic mass is 15.1. The Hall–Kier alpha value is -3.84. The molecule has 3 aromatic rings. The molecule has 0 radical (unpaired) electrons. The van der Waals surface area contributed by atoms with Gasteiger partial charge in [0.1, 0.15) is 0 Å². The van der Waals surface area contributed by atoms with Crippen LogP contribution in [0.3, 0.4) is 0 Å². The number of aryl methyl sites for hydroxylation is 2. The van der Waals surface area contributed by atoms with Gasteiger partial charge >= 0.3 is 0 Å². The van der Waals surface area contributed by atoms with Crippen molar-refractivity contribution >= 4 is 11.6 Å². The van der Waals surface area contributed by atoms with Crippen molar-refractivity contribution in [2.75, 3.05) is 0 Å². The zero-order chi connectivity index (χ0) is 35.3. The summed E-state index contributed by atoms with van der Waals surface area (Å²) < 4.78 is 0. The van der Waals surface area contributed by atoms with E-state index in [9.17, 15) is 0 Å². The monoisotopic (exact) mass is 649 g/mol. The number of hydrogen-bond donors (Lipinski definition) is 0. The van der Waals surface area contributed by atoms with Crippen LogP contribution in [0.15, 0.2) is 102 Å². The topological polar surface area (TPSA) is 3.24 Å². The second kappa shape index (κ2) is 13.1. The highest BCUT2D eigenvalue weighted by molar-refractivity contribution is 5.83. The fraction of sp³-hybridized carbons (Fsp3) is 0.417. The second-order valence-corrected chi connectivity index (χ2v) is 17.1. The molecule has 2 aliphatic carbocycles. The van der Waals surface area contributed by atoms with Gasteiger partial charge in [-0.1, -0.05) is 140 Å². The molecular formula is C48H59N. The molecule has 3 aromatic carbocycles. The largest absolute Gasteiger partial charge is 0.343 e. The van der Waals surface area contributed by atoms with Crippen LogP contribution in [0.2, 0.25) is 0 Å². The van der Waals surface area contributed by atoms with Crippen LogP contribution in [0.25, 0.3) is 11.6 Å². The van der Waals surface area contributed by atoms with Gasteiger partial charge in [0.05, 0.1) is 6.04 Å². The molecule has 6 rings (SSSR count). The predicted molar refractivity (Wildman–Crippen MR) is 213 cm³/mol. The number of nitrogens with zero attached hydrogens (tertiary/aromatic N) is 1. The SMILES string of the molecule is CCC1CCC/C=C(/C(C)(C)C)C=C1c1c(/C=C\N2C=C(C)C=CC2c2ccc(C)cc2C)ccc2c1C(C)(C)c1ccccc1C2(C)C. The van der Waals surface area contributed by atoms with Crippen molar-refractivity contribution in [3.63, 3.8) is 0 Å². The van der Waals surface area contributed by atoms with Gasteiger partial charge in [0, 0.05) is 23.2 Å². The minimum atomic E-state index is -0.153. The molecule has 2 atom stereocenters. The Morgan fingerprint density at radius 3 is 2.27 bits per heavy atom. The Bertz CT molecular complexity index is 1890. The van der Waals surface area contributed by atoms with E-state index < -0.39 is 0 Å². The molecule has 0 aromatic heterocycles. The molecular weight excluding hydrogens is 591 g/mol. The first-order valence-corrected chi connectivity index (χ1v) is 18.7. The average molecular weight is 650 g/mol. The highest BCUT2D eigenvalue weighted by Gasteiger charge is 2.44. The minimum absolute atomic E-state index is 0.0781. The van der Waals surface area contributed by atoms with Gasteiger partial charge in [-0.2, -0.15) is 0 Å². The lowest BCUT2D eigenvalue weighted by molar-refractivity contribution is 0.431. The van der Waals surface area contributed by atoms with Gasteiger partial charge in [-0.25, -0.2) is 0 Å². The Kier molecular flexibility index (Phi) is 9.38. The molecule has 0 saturated heterocycles. The lowest BCUT2D eigenvalue weighted by Crippen LogP contribution is -2.38. The van der Waals surface area contributed by atoms with E-state index in [4.69, 9.17) is 0 Å². The van der Waals surface area contributed by atoms with Gasteiger partial charge in [-0.05, 0) is 125 Å². The first kappa shape index (κ1) is 35.0. The minimum Gasteiger partial charge on any atom is -0.343 e. The summed E-state index contributed by atoms with van der Waals surface area (Å²) >= 11 is 0. The number of allylic oxidation sites excluding steroid dienone is 6. The Labute approximate surface area is 298 Å². The molecule has 1 heteroatoms. The van der Waals surface area contributed by atoms with Crippen LogP contribution in [-0.4, -0.2) is 4.90 Å². The molecule has 3 aliphatic rings. The van der Waals surface area contributed by atoms with Crippen LogP contribution < -0.4 is 0 Å². The molecule has 0 bridgehead atoms. The van der Waals surface area contributed by atoms with Gasteiger partial charge < -0.3 is 4.90 Å². The Balaban J connectivity index is 1.62. The molecule has 0 saturated carbocycles. The van der Waals surface area contributed by atoms with Crippen LogP contribution in [0, 0.1) is 25.2 Å². The lowest BCUT2D eigenvalue weighted by Gasteiger charge is -2.46. The molecule has 256 valence electrons. The molecule has 0 fully saturated rings. The van der Waals surface area contributed by atoms with Crippen LogP contribution in [0.4, 0.5) is 0 Å². The van der Waals surface area contributed by atoms with Gasteiger partial charge in [0.25, 0.3) is 0 Å². The van der Waals surface area contributed by atoms with Crippen molar-refractivity contribution < 1.29 is 0 Å². The third-order valence-electron chi connectivity index (χ3n) is 11.7. The number of hydrogen-bond acceptors (Lipinski definition) is 1. The van der Waals surface area contributed by atoms with E-state index in [2.05, 4.69) is 178 Å². The molecule has 2 unspecified atom stereocenters. The van der Waals surface area contributed by atoms with E-state index in [1.165, 1.54) is 79.6 Å². The van der Waals surface area contributed by atoms with Crippen LogP contribution in [0.5, 0.6) is 0 Å². The first-order chi connectivity index (χ1) is 23.1. The average Bonchev–Trinajstić information content (AvgIpc) is 3.03. The zero-order valence-electron chi connectivity index (χ0n) is 32.2. The highest BCUT2D eigenvalue weighted by Crippen LogP contribution is 2.54. The summed E-state index contributed by atoms with van der Waals surface area (Å²) in [5, 5.41) is 0. The van der Waals surface area contributed by atoms with E-state index in [1.54, 1.807) is 0 Å². The van der Waals surface area contributed by atoms with Crippen LogP contribution in [-0.2, 0) is 10.8 Å². The smallest absolute Gasteiger partial charge is 0.0769 e. The van der Waals surface area contributed by atoms with Crippen molar-refractivity contribution in [1.29, 1.82) is 0 Å². The van der Waals surface area contributed by atoms with Gasteiger partial charge in [-0.3, -0.25) is 0 Å². The lowest BCUT2D eigenvalue weighted by atomic mass is 9.57. The molecule has 1 heterocycles. The van der Waals surface area contributed by atoms with Crippen molar-refractivity contribution in [2.45, 2.75) is 119 Å². The maximum atomic E-state index is 2.62. The van der Waals surface area contributed by atoms with Crippen molar-refractivity contribution in [3.8, 4) is 0 Å². The van der Waals surface area contributed by atoms with E-state index >= 15 is 0 Å². The molecule has 49 heavy (non-hydrogen) atoms. The summed E-state index contributed by atoms with van der Waals surface area (Å²) in [4.78, 5) is 2.42. The number of fused-ring (bicyclic) bond motifs is 2. The summed E-state index contributed by atoms with van der Waals surface area (Å²) in [6.45, 7) is 26.0. The third kappa shape index (κ3) is 6.47. The molecule has 0 N–H and O–H groups in total. The maximum Gasteiger partial charge on any atom is 0.0769 e. The van der Waals surface area contributed by atoms with Crippen LogP contribution >= 0.6 is 0 Å². The van der Waals surface area contributed by atoms with E-state index in [1.807, 2.05) is 0 Å². The van der Waals surface area contributed by atoms with E-state index in [0.29, 0.717) is 5.92 Å². The Morgan fingerprint density at radius 2 is 1.59 bits per heavy atom. The summed E-state index contributed by atoms with van der Waals surface area (Å²) in [6, 6.07) is 21.1. The second-order valence-electron chi connectivity index (χ2n) is 17.1. The molecule has 1 nitrogen and oxygen atoms in total. The normalized spacial score (nSPS) is 22.8. The summed E-state index contributed by atoms with van der Waals surface area (Å²) in [7, 11) is 0. The van der Waals surface area contributed by atoms with E-state index in [-0.39, 0.29) is 22.3 Å². The first-order valence-electron chi connectivity index (χ1n) is 18.7. The van der Waals surface area contributed by atoms with Gasteiger partial charge in [-0.15, -0.1) is 0 Å². The summed E-state index contributed by atoms with van der Waals surface area (Å²) in [6.07, 6.45) is 21.6. The number of rotatable bonds is 5. The predicted octanol–water partition coefficient (Wildman–Crippen LogP) is 13.3. The van der Waals surface area contributed by atoms with Crippen molar-refractivity contribution in [3.05, 3.63) is 153 Å². The van der Waals surface area contributed by atoms with Crippen molar-refractivity contribution in [2.24, 2.45) is 11.3 Å². The Morgan fingerprint density at radius 1 is 0.878 bits per heavy atom. The zero-order valence-corrected chi connectivity index (χ0v) is 32.2. The van der Waals surface area contributed by atoms with E-state index in [0.717, 1.165) is 12.8 Å². The fourth-order valence-corrected chi connectivity index (χ4v) is 8.86. The fourth-order valence-electron chi connectivity index (χ4n) is 8.86. The molecule has 1 aliphatic heterocycles. The molecule has 0 spiro atoms. The van der Waals surface area contributed by atoms with Gasteiger partial charge in [0.2, 0.25) is 0 Å². The summed E-state index contributed by atoms with van der Waals surface area (Å²) in [5.41, 5.74) is 16.7. The maximum absolute atomic E-state index is 2.62. The molecule has 0 amide bonds. The van der Waals surface area contributed by atoms with Crippen LogP contribution in [0.1, 0.15) is 144 Å². The third-order valence-corrected chi connectivity index (χ3v) is 11.7.